The van der Waals surface area contributed by atoms with Crippen molar-refractivity contribution in [3.8, 4) is 28.4 Å². The van der Waals surface area contributed by atoms with Crippen LogP contribution in [0, 0.1) is 5.92 Å². The molecule has 0 radical (unpaired) electrons. The Morgan fingerprint density at radius 1 is 1.23 bits per heavy atom. The Bertz CT molecular complexity index is 1440. The van der Waals surface area contributed by atoms with Crippen molar-refractivity contribution in [1.82, 2.24) is 15.1 Å². The minimum Gasteiger partial charge on any atom is -0.496 e. The second kappa shape index (κ2) is 11.1. The van der Waals surface area contributed by atoms with Crippen LogP contribution in [0.5, 0.6) is 11.5 Å². The average molecular weight is 564 g/mol. The summed E-state index contributed by atoms with van der Waals surface area (Å²) in [6, 6.07) is 5.79. The van der Waals surface area contributed by atoms with Crippen molar-refractivity contribution >= 4 is 29.3 Å². The van der Waals surface area contributed by atoms with E-state index in [-0.39, 0.29) is 30.4 Å². The third-order valence-corrected chi connectivity index (χ3v) is 7.77. The number of carbonyl (C=O) groups excluding carboxylic acids is 2. The molecule has 9 heteroatoms. The van der Waals surface area contributed by atoms with E-state index in [1.54, 1.807) is 18.4 Å². The molecule has 1 N–H and O–H groups in total. The van der Waals surface area contributed by atoms with E-state index in [0.29, 0.717) is 17.9 Å². The van der Waals surface area contributed by atoms with Crippen LogP contribution in [0.2, 0.25) is 0 Å². The van der Waals surface area contributed by atoms with Gasteiger partial charge in [0.2, 0.25) is 0 Å². The van der Waals surface area contributed by atoms with Crippen LogP contribution in [0.15, 0.2) is 34.5 Å². The highest BCUT2D eigenvalue weighted by Crippen LogP contribution is 2.44. The van der Waals surface area contributed by atoms with Crippen LogP contribution in [-0.4, -0.2) is 40.4 Å². The molecule has 2 aliphatic rings. The summed E-state index contributed by atoms with van der Waals surface area (Å²) >= 11 is 1.57. The number of esters is 1. The molecular weight excluding hydrogens is 526 g/mol. The fourth-order valence-corrected chi connectivity index (χ4v) is 6.03. The lowest BCUT2D eigenvalue weighted by atomic mass is 9.85. The van der Waals surface area contributed by atoms with Gasteiger partial charge < -0.3 is 19.5 Å². The molecule has 3 aromatic rings. The first-order chi connectivity index (χ1) is 19.0. The normalized spacial score (nSPS) is 18.1. The van der Waals surface area contributed by atoms with Gasteiger partial charge in [0.1, 0.15) is 23.7 Å². The fraction of sp³-hybridized carbons (Fsp3) is 0.452. The van der Waals surface area contributed by atoms with Crippen molar-refractivity contribution in [2.75, 3.05) is 7.11 Å². The van der Waals surface area contributed by atoms with Gasteiger partial charge in [-0.2, -0.15) is 16.4 Å². The van der Waals surface area contributed by atoms with Gasteiger partial charge in [0.25, 0.3) is 5.91 Å². The number of hydrogen-bond acceptors (Lipinski definition) is 7. The first-order valence-electron chi connectivity index (χ1n) is 13.7. The van der Waals surface area contributed by atoms with Crippen molar-refractivity contribution in [1.29, 1.82) is 0 Å². The summed E-state index contributed by atoms with van der Waals surface area (Å²) in [4.78, 5) is 26.4. The molecule has 212 valence electrons. The number of hydrogen-bond donors (Lipinski definition) is 1. The largest absolute Gasteiger partial charge is 0.496 e. The van der Waals surface area contributed by atoms with E-state index >= 15 is 0 Å². The smallest absolute Gasteiger partial charge is 0.309 e. The summed E-state index contributed by atoms with van der Waals surface area (Å²) in [7, 11) is 1.65. The number of fused-ring (bicyclic) bond motifs is 3. The number of nitrogens with one attached hydrogen (secondary N) is 1. The number of ether oxygens (including phenoxy) is 3. The standard InChI is InChI=1S/C31H37N3O5S/c1-18(2)12-20-14-23-26(15-25(20)37-6)38-16-24-27(33-34(28(23)24)22-10-11-40-17-22)29(35)32-21-9-7-8-19(13-21)30(36)39-31(3,4)5/h10-12,14-15,17,19,21H,7-9,13,16H2,1-6H3,(H,32,35). The Morgan fingerprint density at radius 2 is 2.02 bits per heavy atom. The van der Waals surface area contributed by atoms with Crippen LogP contribution >= 0.6 is 11.3 Å². The summed E-state index contributed by atoms with van der Waals surface area (Å²) < 4.78 is 19.3. The van der Waals surface area contributed by atoms with Gasteiger partial charge in [0.15, 0.2) is 5.69 Å². The molecule has 1 amide bonds. The molecular formula is C31H37N3O5S. The highest BCUT2D eigenvalue weighted by atomic mass is 32.1. The van der Waals surface area contributed by atoms with Crippen LogP contribution in [0.1, 0.15) is 81.9 Å². The molecule has 0 spiro atoms. The molecule has 2 atom stereocenters. The lowest BCUT2D eigenvalue weighted by Crippen LogP contribution is -2.41. The maximum absolute atomic E-state index is 13.7. The highest BCUT2D eigenvalue weighted by Gasteiger charge is 2.35. The number of benzene rings is 1. The number of carbonyl (C=O) groups is 2. The number of nitrogens with zero attached hydrogens (tertiary/aromatic N) is 2. The fourth-order valence-electron chi connectivity index (χ4n) is 5.42. The van der Waals surface area contributed by atoms with E-state index in [1.807, 2.05) is 68.3 Å². The van der Waals surface area contributed by atoms with E-state index in [1.165, 1.54) is 0 Å². The minimum absolute atomic E-state index is 0.133. The van der Waals surface area contributed by atoms with E-state index in [4.69, 9.17) is 19.3 Å². The number of methoxy groups -OCH3 is 1. The maximum atomic E-state index is 13.7. The quantitative estimate of drug-likeness (QED) is 0.342. The Morgan fingerprint density at radius 3 is 2.70 bits per heavy atom. The van der Waals surface area contributed by atoms with Gasteiger partial charge in [-0.1, -0.05) is 18.1 Å². The summed E-state index contributed by atoms with van der Waals surface area (Å²) in [6.07, 6.45) is 5.05. The van der Waals surface area contributed by atoms with E-state index < -0.39 is 5.60 Å². The third kappa shape index (κ3) is 5.80. The van der Waals surface area contributed by atoms with Crippen molar-refractivity contribution in [2.45, 2.75) is 78.6 Å². The summed E-state index contributed by atoms with van der Waals surface area (Å²) in [6.45, 7) is 9.91. The SMILES string of the molecule is COc1cc2c(cc1C=C(C)C)-c1c(c(C(=O)NC3CCCC(C(=O)OC(C)(C)C)C3)nn1-c1ccsc1)CO2. The summed E-state index contributed by atoms with van der Waals surface area (Å²) in [5.41, 5.74) is 5.19. The molecule has 0 saturated heterocycles. The van der Waals surface area contributed by atoms with Crippen molar-refractivity contribution in [3.63, 3.8) is 0 Å². The number of thiophene rings is 1. The monoisotopic (exact) mass is 563 g/mol. The third-order valence-electron chi connectivity index (χ3n) is 7.10. The molecule has 2 aromatic heterocycles. The predicted molar refractivity (Wildman–Crippen MR) is 156 cm³/mol. The zero-order chi connectivity index (χ0) is 28.6. The lowest BCUT2D eigenvalue weighted by Gasteiger charge is -2.30. The molecule has 1 aliphatic carbocycles. The topological polar surface area (TPSA) is 91.7 Å². The van der Waals surface area contributed by atoms with Crippen LogP contribution in [0.4, 0.5) is 0 Å². The Kier molecular flexibility index (Phi) is 7.77. The highest BCUT2D eigenvalue weighted by molar-refractivity contribution is 7.08. The Hall–Kier alpha value is -3.59. The Balaban J connectivity index is 1.49. The molecule has 3 heterocycles. The summed E-state index contributed by atoms with van der Waals surface area (Å²) in [5.74, 6) is 0.725. The number of rotatable bonds is 6. The molecule has 1 fully saturated rings. The lowest BCUT2D eigenvalue weighted by molar-refractivity contribution is -0.161. The second-order valence-electron chi connectivity index (χ2n) is 11.7. The van der Waals surface area contributed by atoms with Gasteiger partial charge in [0, 0.05) is 34.2 Å². The Labute approximate surface area is 239 Å². The molecule has 1 aliphatic heterocycles. The second-order valence-corrected chi connectivity index (χ2v) is 12.5. The van der Waals surface area contributed by atoms with Crippen LogP contribution < -0.4 is 14.8 Å². The first-order valence-corrected chi connectivity index (χ1v) is 14.7. The molecule has 5 rings (SSSR count). The predicted octanol–water partition coefficient (Wildman–Crippen LogP) is 6.56. The zero-order valence-electron chi connectivity index (χ0n) is 24.0. The minimum atomic E-state index is -0.535. The van der Waals surface area contributed by atoms with Crippen molar-refractivity contribution in [2.24, 2.45) is 5.92 Å². The molecule has 40 heavy (non-hydrogen) atoms. The van der Waals surface area contributed by atoms with Crippen molar-refractivity contribution in [3.05, 3.63) is 51.4 Å². The van der Waals surface area contributed by atoms with Gasteiger partial charge in [-0.25, -0.2) is 4.68 Å². The van der Waals surface area contributed by atoms with Crippen LogP contribution in [-0.2, 0) is 16.1 Å². The van der Waals surface area contributed by atoms with Crippen LogP contribution in [0.3, 0.4) is 0 Å². The molecule has 0 bridgehead atoms. The van der Waals surface area contributed by atoms with Crippen LogP contribution in [0.25, 0.3) is 23.0 Å². The van der Waals surface area contributed by atoms with Gasteiger partial charge >= 0.3 is 5.97 Å². The van der Waals surface area contributed by atoms with E-state index in [2.05, 4.69) is 11.4 Å². The van der Waals surface area contributed by atoms with E-state index in [0.717, 1.165) is 58.7 Å². The molecule has 2 unspecified atom stereocenters. The van der Waals surface area contributed by atoms with Gasteiger partial charge in [-0.15, -0.1) is 0 Å². The molecule has 1 aromatic carbocycles. The maximum Gasteiger partial charge on any atom is 0.309 e. The van der Waals surface area contributed by atoms with Gasteiger partial charge in [0.05, 0.1) is 24.4 Å². The molecule has 8 nitrogen and oxygen atoms in total. The zero-order valence-corrected chi connectivity index (χ0v) is 24.8. The van der Waals surface area contributed by atoms with Gasteiger partial charge in [-0.3, -0.25) is 9.59 Å². The van der Waals surface area contributed by atoms with Gasteiger partial charge in [-0.05, 0) is 71.4 Å². The number of aromatic nitrogens is 2. The van der Waals surface area contributed by atoms with Crippen molar-refractivity contribution < 1.29 is 23.8 Å². The average Bonchev–Trinajstić information content (AvgIpc) is 3.55. The summed E-state index contributed by atoms with van der Waals surface area (Å²) in [5, 5.41) is 12.0. The molecule has 1 saturated carbocycles. The number of amides is 1. The first kappa shape index (κ1) is 28.0. The number of allylic oxidation sites excluding steroid dienone is 1. The van der Waals surface area contributed by atoms with E-state index in [9.17, 15) is 9.59 Å².